The maximum atomic E-state index is 12.5. The lowest BCUT2D eigenvalue weighted by Crippen LogP contribution is -2.31. The van der Waals surface area contributed by atoms with Crippen molar-refractivity contribution in [1.29, 1.82) is 0 Å². The first-order chi connectivity index (χ1) is 9.15. The molecule has 2 unspecified atom stereocenters. The molecule has 1 aliphatic carbocycles. The van der Waals surface area contributed by atoms with E-state index in [0.717, 1.165) is 51.5 Å². The summed E-state index contributed by atoms with van der Waals surface area (Å²) >= 11 is 0. The maximum Gasteiger partial charge on any atom is 0.309 e. The molecule has 2 aliphatic rings. The number of rotatable bonds is 6. The Balaban J connectivity index is 2.02. The van der Waals surface area contributed by atoms with Gasteiger partial charge < -0.3 is 10.0 Å². The SMILES string of the molecule is CCCCCN1CC(C(=O)O)C(C2CCCC2)C1=O. The second-order valence-electron chi connectivity index (χ2n) is 6.01. The molecule has 1 aliphatic heterocycles. The third-order valence-corrected chi connectivity index (χ3v) is 4.70. The van der Waals surface area contributed by atoms with E-state index in [4.69, 9.17) is 0 Å². The lowest BCUT2D eigenvalue weighted by Gasteiger charge is -2.20. The van der Waals surface area contributed by atoms with Crippen LogP contribution in [0.4, 0.5) is 0 Å². The molecule has 4 heteroatoms. The van der Waals surface area contributed by atoms with Gasteiger partial charge in [-0.25, -0.2) is 0 Å². The van der Waals surface area contributed by atoms with Crippen LogP contribution < -0.4 is 0 Å². The Hall–Kier alpha value is -1.06. The highest BCUT2D eigenvalue weighted by Crippen LogP contribution is 2.40. The Kier molecular flexibility index (Phi) is 4.83. The van der Waals surface area contributed by atoms with Crippen molar-refractivity contribution < 1.29 is 14.7 Å². The molecule has 0 aromatic carbocycles. The first kappa shape index (κ1) is 14.4. The summed E-state index contributed by atoms with van der Waals surface area (Å²) in [6.45, 7) is 3.30. The molecule has 0 aromatic rings. The number of hydrogen-bond donors (Lipinski definition) is 1. The van der Waals surface area contributed by atoms with Gasteiger partial charge in [0.2, 0.25) is 5.91 Å². The van der Waals surface area contributed by atoms with Crippen LogP contribution in [-0.4, -0.2) is 35.0 Å². The van der Waals surface area contributed by atoms with E-state index in [-0.39, 0.29) is 11.8 Å². The van der Waals surface area contributed by atoms with Crippen molar-refractivity contribution in [3.8, 4) is 0 Å². The average Bonchev–Trinajstić information content (AvgIpc) is 2.98. The van der Waals surface area contributed by atoms with Crippen LogP contribution in [0.2, 0.25) is 0 Å². The summed E-state index contributed by atoms with van der Waals surface area (Å²) in [7, 11) is 0. The summed E-state index contributed by atoms with van der Waals surface area (Å²) in [5.74, 6) is -1.10. The molecule has 1 N–H and O–H groups in total. The lowest BCUT2D eigenvalue weighted by molar-refractivity contribution is -0.145. The highest BCUT2D eigenvalue weighted by atomic mass is 16.4. The zero-order valence-corrected chi connectivity index (χ0v) is 11.8. The van der Waals surface area contributed by atoms with Gasteiger partial charge in [0.15, 0.2) is 0 Å². The van der Waals surface area contributed by atoms with Gasteiger partial charge in [0, 0.05) is 13.1 Å². The summed E-state index contributed by atoms with van der Waals surface area (Å²) < 4.78 is 0. The number of likely N-dealkylation sites (tertiary alicyclic amines) is 1. The molecular weight excluding hydrogens is 242 g/mol. The summed E-state index contributed by atoms with van der Waals surface area (Å²) in [6.07, 6.45) is 7.58. The zero-order chi connectivity index (χ0) is 13.8. The quantitative estimate of drug-likeness (QED) is 0.752. The predicted octanol–water partition coefficient (Wildman–Crippen LogP) is 2.53. The summed E-state index contributed by atoms with van der Waals surface area (Å²) in [6, 6.07) is 0. The summed E-state index contributed by atoms with van der Waals surface area (Å²) in [5, 5.41) is 9.37. The van der Waals surface area contributed by atoms with Crippen molar-refractivity contribution in [3.05, 3.63) is 0 Å². The molecule has 4 nitrogen and oxygen atoms in total. The fourth-order valence-electron chi connectivity index (χ4n) is 3.66. The number of amides is 1. The van der Waals surface area contributed by atoms with E-state index >= 15 is 0 Å². The Morgan fingerprint density at radius 1 is 1.32 bits per heavy atom. The smallest absolute Gasteiger partial charge is 0.309 e. The number of aliphatic carboxylic acids is 1. The van der Waals surface area contributed by atoms with Crippen LogP contribution in [0, 0.1) is 17.8 Å². The van der Waals surface area contributed by atoms with Crippen LogP contribution in [0.15, 0.2) is 0 Å². The van der Waals surface area contributed by atoms with E-state index in [9.17, 15) is 14.7 Å². The van der Waals surface area contributed by atoms with Gasteiger partial charge in [-0.3, -0.25) is 9.59 Å². The third kappa shape index (κ3) is 3.10. The fraction of sp³-hybridized carbons (Fsp3) is 0.867. The van der Waals surface area contributed by atoms with Crippen LogP contribution >= 0.6 is 0 Å². The minimum absolute atomic E-state index is 0.107. The van der Waals surface area contributed by atoms with E-state index in [0.29, 0.717) is 12.5 Å². The van der Waals surface area contributed by atoms with E-state index in [1.807, 2.05) is 0 Å². The highest BCUT2D eigenvalue weighted by molar-refractivity contribution is 5.88. The number of hydrogen-bond acceptors (Lipinski definition) is 2. The largest absolute Gasteiger partial charge is 0.481 e. The number of carbonyl (C=O) groups excluding carboxylic acids is 1. The molecule has 19 heavy (non-hydrogen) atoms. The van der Waals surface area contributed by atoms with E-state index in [1.54, 1.807) is 4.90 Å². The van der Waals surface area contributed by atoms with Crippen LogP contribution in [-0.2, 0) is 9.59 Å². The van der Waals surface area contributed by atoms with E-state index in [1.165, 1.54) is 0 Å². The molecule has 2 rings (SSSR count). The normalized spacial score (nSPS) is 28.3. The Morgan fingerprint density at radius 2 is 2.00 bits per heavy atom. The van der Waals surface area contributed by atoms with Crippen molar-refractivity contribution >= 4 is 11.9 Å². The van der Waals surface area contributed by atoms with Crippen molar-refractivity contribution in [1.82, 2.24) is 4.90 Å². The molecule has 2 atom stereocenters. The minimum Gasteiger partial charge on any atom is -0.481 e. The molecule has 1 amide bonds. The average molecular weight is 267 g/mol. The topological polar surface area (TPSA) is 57.6 Å². The van der Waals surface area contributed by atoms with Gasteiger partial charge in [-0.2, -0.15) is 0 Å². The van der Waals surface area contributed by atoms with Crippen molar-refractivity contribution in [2.75, 3.05) is 13.1 Å². The molecule has 0 bridgehead atoms. The fourth-order valence-corrected chi connectivity index (χ4v) is 3.66. The third-order valence-electron chi connectivity index (χ3n) is 4.70. The zero-order valence-electron chi connectivity index (χ0n) is 11.8. The molecule has 0 spiro atoms. The van der Waals surface area contributed by atoms with Gasteiger partial charge in [0.25, 0.3) is 0 Å². The Morgan fingerprint density at radius 3 is 2.58 bits per heavy atom. The van der Waals surface area contributed by atoms with E-state index in [2.05, 4.69) is 6.92 Å². The number of carboxylic acid groups (broad SMARTS) is 1. The van der Waals surface area contributed by atoms with Crippen molar-refractivity contribution in [2.45, 2.75) is 51.9 Å². The van der Waals surface area contributed by atoms with Gasteiger partial charge in [-0.15, -0.1) is 0 Å². The number of carbonyl (C=O) groups is 2. The molecule has 1 saturated carbocycles. The van der Waals surface area contributed by atoms with Crippen LogP contribution in [0.3, 0.4) is 0 Å². The summed E-state index contributed by atoms with van der Waals surface area (Å²) in [5.41, 5.74) is 0. The molecule has 1 saturated heterocycles. The van der Waals surface area contributed by atoms with Crippen LogP contribution in [0.25, 0.3) is 0 Å². The van der Waals surface area contributed by atoms with Crippen molar-refractivity contribution in [2.24, 2.45) is 17.8 Å². The lowest BCUT2D eigenvalue weighted by atomic mass is 9.82. The maximum absolute atomic E-state index is 12.5. The Bertz CT molecular complexity index is 336. The molecule has 0 radical (unpaired) electrons. The second kappa shape index (κ2) is 6.40. The number of carboxylic acids is 1. The first-order valence-electron chi connectivity index (χ1n) is 7.66. The second-order valence-corrected chi connectivity index (χ2v) is 6.01. The minimum atomic E-state index is -0.789. The van der Waals surface area contributed by atoms with E-state index < -0.39 is 11.9 Å². The van der Waals surface area contributed by atoms with Gasteiger partial charge >= 0.3 is 5.97 Å². The van der Waals surface area contributed by atoms with Crippen molar-refractivity contribution in [3.63, 3.8) is 0 Å². The van der Waals surface area contributed by atoms with Crippen LogP contribution in [0.1, 0.15) is 51.9 Å². The van der Waals surface area contributed by atoms with Gasteiger partial charge in [-0.1, -0.05) is 32.6 Å². The number of unbranched alkanes of at least 4 members (excludes halogenated alkanes) is 2. The van der Waals surface area contributed by atoms with Gasteiger partial charge in [0.1, 0.15) is 0 Å². The van der Waals surface area contributed by atoms with Gasteiger partial charge in [0.05, 0.1) is 11.8 Å². The molecular formula is C15H25NO3. The number of nitrogens with zero attached hydrogens (tertiary/aromatic N) is 1. The molecule has 0 aromatic heterocycles. The predicted molar refractivity (Wildman–Crippen MR) is 72.7 cm³/mol. The first-order valence-corrected chi connectivity index (χ1v) is 7.66. The monoisotopic (exact) mass is 267 g/mol. The molecule has 108 valence electrons. The van der Waals surface area contributed by atoms with Gasteiger partial charge in [-0.05, 0) is 25.2 Å². The highest BCUT2D eigenvalue weighted by Gasteiger charge is 2.48. The molecule has 1 heterocycles. The van der Waals surface area contributed by atoms with Crippen LogP contribution in [0.5, 0.6) is 0 Å². The summed E-state index contributed by atoms with van der Waals surface area (Å²) in [4.78, 5) is 25.7. The Labute approximate surface area is 115 Å². The standard InChI is InChI=1S/C15H25NO3/c1-2-3-6-9-16-10-12(15(18)19)13(14(16)17)11-7-4-5-8-11/h11-13H,2-10H2,1H3,(H,18,19). The molecule has 2 fully saturated rings.